The van der Waals surface area contributed by atoms with Crippen LogP contribution in [-0.2, 0) is 0 Å². The zero-order valence-electron chi connectivity index (χ0n) is 30.7. The summed E-state index contributed by atoms with van der Waals surface area (Å²) in [5, 5.41) is 5.06. The molecule has 7 heteroatoms. The van der Waals surface area contributed by atoms with Crippen LogP contribution in [0, 0.1) is 0 Å². The van der Waals surface area contributed by atoms with Crippen LogP contribution in [0.2, 0.25) is 0 Å². The first-order chi connectivity index (χ1) is 28.3. The van der Waals surface area contributed by atoms with Crippen molar-refractivity contribution in [3.8, 4) is 45.5 Å². The van der Waals surface area contributed by atoms with E-state index in [-0.39, 0.29) is 0 Å². The number of rotatable bonds is 4. The van der Waals surface area contributed by atoms with E-state index in [2.05, 4.69) is 191 Å². The monoisotopic (exact) mass is 744 g/mol. The zero-order chi connectivity index (χ0) is 37.5. The molecule has 0 unspecified atom stereocenters. The third kappa shape index (κ3) is 4.45. The SMILES string of the molecule is C1=Cc2c(-c3nc4ccccc4n3-c3ccccc3)cccc2[Si]2(c3cccnc3-c3ncccc32)c2cccc(-c3nc4ccccc4n3-c3ccccc3)c21. The third-order valence-corrected chi connectivity index (χ3v) is 16.6. The van der Waals surface area contributed by atoms with Gasteiger partial charge in [0.2, 0.25) is 0 Å². The summed E-state index contributed by atoms with van der Waals surface area (Å²) in [6.07, 6.45) is 8.48. The molecule has 0 atom stereocenters. The molecule has 0 bridgehead atoms. The molecular formula is C50H32N6Si. The van der Waals surface area contributed by atoms with Crippen molar-refractivity contribution in [1.82, 2.24) is 29.1 Å². The largest absolute Gasteiger partial charge is 0.292 e. The van der Waals surface area contributed by atoms with Gasteiger partial charge >= 0.3 is 0 Å². The highest BCUT2D eigenvalue weighted by atomic mass is 28.3. The third-order valence-electron chi connectivity index (χ3n) is 11.7. The van der Waals surface area contributed by atoms with E-state index in [0.717, 1.165) is 78.7 Å². The van der Waals surface area contributed by atoms with E-state index in [1.165, 1.54) is 20.7 Å². The van der Waals surface area contributed by atoms with Crippen molar-refractivity contribution in [1.29, 1.82) is 0 Å². The van der Waals surface area contributed by atoms with Gasteiger partial charge in [-0.3, -0.25) is 19.1 Å². The molecule has 2 aliphatic rings. The Morgan fingerprint density at radius 3 is 1.26 bits per heavy atom. The molecule has 0 amide bonds. The number of hydrogen-bond donors (Lipinski definition) is 0. The second-order valence-corrected chi connectivity index (χ2v) is 18.3. The summed E-state index contributed by atoms with van der Waals surface area (Å²) in [5.74, 6) is 1.81. The maximum Gasteiger partial charge on any atom is 0.185 e. The van der Waals surface area contributed by atoms with E-state index in [1.807, 2.05) is 12.4 Å². The van der Waals surface area contributed by atoms with Crippen LogP contribution in [0.3, 0.4) is 0 Å². The zero-order valence-corrected chi connectivity index (χ0v) is 31.7. The van der Waals surface area contributed by atoms with Gasteiger partial charge in [0.25, 0.3) is 0 Å². The highest BCUT2D eigenvalue weighted by Crippen LogP contribution is 2.38. The fourth-order valence-corrected chi connectivity index (χ4v) is 14.9. The van der Waals surface area contributed by atoms with Crippen LogP contribution < -0.4 is 20.7 Å². The topological polar surface area (TPSA) is 61.4 Å². The van der Waals surface area contributed by atoms with Gasteiger partial charge in [0.05, 0.1) is 33.5 Å². The van der Waals surface area contributed by atoms with Gasteiger partial charge in [-0.15, -0.1) is 0 Å². The van der Waals surface area contributed by atoms with Crippen LogP contribution in [0.5, 0.6) is 0 Å². The Bertz CT molecular complexity index is 3030. The standard InChI is InChI=1S/C50H32N6Si/c1-3-15-33(16-4-1)55-41-23-9-7-21-39(41)53-49(55)37-19-11-25-43-35(37)29-30-36-38(50-54-40-22-8-10-24-42(40)56(50)34-17-5-2-6-18-34)20-12-26-44(36)57(43)45-27-13-31-51-47(45)48-46(57)28-14-32-52-48/h1-32H. The van der Waals surface area contributed by atoms with Gasteiger partial charge in [0, 0.05) is 34.9 Å². The Morgan fingerprint density at radius 1 is 0.368 bits per heavy atom. The molecule has 6 nitrogen and oxygen atoms in total. The predicted octanol–water partition coefficient (Wildman–Crippen LogP) is 8.33. The van der Waals surface area contributed by atoms with Crippen molar-refractivity contribution in [3.05, 3.63) is 193 Å². The van der Waals surface area contributed by atoms with Crippen molar-refractivity contribution >= 4 is 63.0 Å². The fraction of sp³-hybridized carbons (Fsp3) is 0. The molecule has 2 aliphatic heterocycles. The number of nitrogens with zero attached hydrogens (tertiary/aromatic N) is 6. The van der Waals surface area contributed by atoms with Crippen molar-refractivity contribution in [2.45, 2.75) is 0 Å². The number of imidazole rings is 2. The number of benzene rings is 6. The Kier molecular flexibility index (Phi) is 6.85. The van der Waals surface area contributed by atoms with Gasteiger partial charge in [-0.05, 0) is 92.5 Å². The Balaban J connectivity index is 1.22. The number of fused-ring (bicyclic) bond motifs is 11. The lowest BCUT2D eigenvalue weighted by Crippen LogP contribution is -2.73. The molecule has 12 rings (SSSR count). The van der Waals surface area contributed by atoms with Crippen LogP contribution in [0.1, 0.15) is 11.1 Å². The smallest absolute Gasteiger partial charge is 0.185 e. The molecular weight excluding hydrogens is 713 g/mol. The molecule has 1 spiro atoms. The van der Waals surface area contributed by atoms with Crippen LogP contribution in [-0.4, -0.2) is 37.1 Å². The van der Waals surface area contributed by atoms with Gasteiger partial charge in [0.15, 0.2) is 8.07 Å². The average Bonchev–Trinajstić information content (AvgIpc) is 3.92. The fourth-order valence-electron chi connectivity index (χ4n) is 9.45. The molecule has 6 heterocycles. The molecule has 0 N–H and O–H groups in total. The number of hydrogen-bond acceptors (Lipinski definition) is 4. The molecule has 0 aliphatic carbocycles. The molecule has 4 aromatic heterocycles. The Morgan fingerprint density at radius 2 is 0.789 bits per heavy atom. The first-order valence-corrected chi connectivity index (χ1v) is 21.2. The van der Waals surface area contributed by atoms with Gasteiger partial charge in [0.1, 0.15) is 11.6 Å². The van der Waals surface area contributed by atoms with Gasteiger partial charge in [-0.25, -0.2) is 9.97 Å². The van der Waals surface area contributed by atoms with E-state index in [9.17, 15) is 0 Å². The summed E-state index contributed by atoms with van der Waals surface area (Å²) in [7, 11) is -3.11. The first kappa shape index (κ1) is 31.8. The molecule has 0 saturated carbocycles. The predicted molar refractivity (Wildman–Crippen MR) is 234 cm³/mol. The number of pyridine rings is 2. The van der Waals surface area contributed by atoms with Crippen LogP contribution in [0.25, 0.3) is 79.8 Å². The molecule has 0 saturated heterocycles. The molecule has 0 fully saturated rings. The normalized spacial score (nSPS) is 13.3. The van der Waals surface area contributed by atoms with Crippen LogP contribution >= 0.6 is 0 Å². The lowest BCUT2D eigenvalue weighted by Gasteiger charge is -2.33. The maximum absolute atomic E-state index is 5.39. The lowest BCUT2D eigenvalue weighted by molar-refractivity contribution is 1.10. The van der Waals surface area contributed by atoms with E-state index >= 15 is 0 Å². The van der Waals surface area contributed by atoms with Crippen molar-refractivity contribution in [2.75, 3.05) is 0 Å². The maximum atomic E-state index is 5.39. The minimum atomic E-state index is -3.11. The van der Waals surface area contributed by atoms with Gasteiger partial charge < -0.3 is 0 Å². The second-order valence-electron chi connectivity index (χ2n) is 14.6. The molecule has 0 radical (unpaired) electrons. The van der Waals surface area contributed by atoms with Crippen LogP contribution in [0.15, 0.2) is 182 Å². The van der Waals surface area contributed by atoms with Gasteiger partial charge in [-0.1, -0.05) is 121 Å². The number of aromatic nitrogens is 6. The summed E-state index contributed by atoms with van der Waals surface area (Å²) >= 11 is 0. The van der Waals surface area contributed by atoms with Gasteiger partial charge in [-0.2, -0.15) is 0 Å². The number of para-hydroxylation sites is 6. The van der Waals surface area contributed by atoms with E-state index in [4.69, 9.17) is 19.9 Å². The van der Waals surface area contributed by atoms with E-state index in [1.54, 1.807) is 0 Å². The summed E-state index contributed by atoms with van der Waals surface area (Å²) in [4.78, 5) is 20.9. The Labute approximate surface area is 329 Å². The molecule has 10 aromatic rings. The Hall–Kier alpha value is -7.48. The minimum absolute atomic E-state index is 0.904. The summed E-state index contributed by atoms with van der Waals surface area (Å²) in [6, 6.07) is 60.4. The highest BCUT2D eigenvalue weighted by Gasteiger charge is 2.53. The van der Waals surface area contributed by atoms with E-state index in [0.29, 0.717) is 0 Å². The quantitative estimate of drug-likeness (QED) is 0.170. The second kappa shape index (κ2) is 12.3. The molecule has 266 valence electrons. The molecule has 57 heavy (non-hydrogen) atoms. The highest BCUT2D eigenvalue weighted by molar-refractivity contribution is 7.22. The molecule has 6 aromatic carbocycles. The summed E-state index contributed by atoms with van der Waals surface area (Å²) in [5.41, 5.74) is 12.6. The lowest BCUT2D eigenvalue weighted by atomic mass is 10.0. The van der Waals surface area contributed by atoms with Crippen molar-refractivity contribution < 1.29 is 0 Å². The van der Waals surface area contributed by atoms with E-state index < -0.39 is 8.07 Å². The first-order valence-electron chi connectivity index (χ1n) is 19.2. The van der Waals surface area contributed by atoms with Crippen LogP contribution in [0.4, 0.5) is 0 Å². The van der Waals surface area contributed by atoms with Crippen molar-refractivity contribution in [3.63, 3.8) is 0 Å². The summed E-state index contributed by atoms with van der Waals surface area (Å²) < 4.78 is 4.61. The van der Waals surface area contributed by atoms with Crippen molar-refractivity contribution in [2.24, 2.45) is 0 Å². The summed E-state index contributed by atoms with van der Waals surface area (Å²) in [6.45, 7) is 0. The average molecular weight is 745 g/mol. The minimum Gasteiger partial charge on any atom is -0.292 e.